The first kappa shape index (κ1) is 19.4. The highest BCUT2D eigenvalue weighted by molar-refractivity contribution is 5.96. The summed E-state index contributed by atoms with van der Waals surface area (Å²) in [6, 6.07) is 11.4. The van der Waals surface area contributed by atoms with Crippen LogP contribution >= 0.6 is 0 Å². The molecule has 0 spiro atoms. The summed E-state index contributed by atoms with van der Waals surface area (Å²) in [5.74, 6) is -0.436. The van der Waals surface area contributed by atoms with Gasteiger partial charge in [-0.2, -0.15) is 0 Å². The van der Waals surface area contributed by atoms with Crippen molar-refractivity contribution in [1.82, 2.24) is 14.8 Å². The Balaban J connectivity index is 2.30. The Morgan fingerprint density at radius 2 is 1.88 bits per heavy atom. The van der Waals surface area contributed by atoms with Crippen LogP contribution in [0.15, 0.2) is 47.4 Å². The van der Waals surface area contributed by atoms with Crippen LogP contribution in [0.25, 0.3) is 0 Å². The summed E-state index contributed by atoms with van der Waals surface area (Å²) in [6.07, 6.45) is 1.52. The molecule has 0 aliphatic carbocycles. The summed E-state index contributed by atoms with van der Waals surface area (Å²) in [4.78, 5) is 38.3. The molecule has 2 aromatic rings. The van der Waals surface area contributed by atoms with Crippen LogP contribution in [0, 0.1) is 6.92 Å². The lowest BCUT2D eigenvalue weighted by Gasteiger charge is -2.26. The van der Waals surface area contributed by atoms with E-state index in [1.807, 2.05) is 37.3 Å². The number of carbonyl (C=O) groups is 2. The average Bonchev–Trinajstić information content (AvgIpc) is 2.64. The predicted molar refractivity (Wildman–Crippen MR) is 101 cm³/mol. The van der Waals surface area contributed by atoms with E-state index in [0.29, 0.717) is 17.7 Å². The van der Waals surface area contributed by atoms with E-state index in [-0.39, 0.29) is 29.8 Å². The van der Waals surface area contributed by atoms with Crippen molar-refractivity contribution in [3.63, 3.8) is 0 Å². The van der Waals surface area contributed by atoms with Gasteiger partial charge in [0.2, 0.25) is 5.91 Å². The zero-order valence-corrected chi connectivity index (χ0v) is 15.7. The Kier molecular flexibility index (Phi) is 6.33. The van der Waals surface area contributed by atoms with Crippen LogP contribution in [0.3, 0.4) is 0 Å². The normalized spacial score (nSPS) is 11.7. The molecule has 2 rings (SSSR count). The zero-order chi connectivity index (χ0) is 19.3. The van der Waals surface area contributed by atoms with Crippen molar-refractivity contribution in [3.8, 4) is 0 Å². The second-order valence-corrected chi connectivity index (χ2v) is 6.50. The van der Waals surface area contributed by atoms with E-state index >= 15 is 0 Å². The number of aromatic nitrogens is 1. The molecule has 1 N–H and O–H groups in total. The highest BCUT2D eigenvalue weighted by Gasteiger charge is 2.22. The molecule has 0 aliphatic heterocycles. The van der Waals surface area contributed by atoms with Crippen LogP contribution in [-0.4, -0.2) is 41.4 Å². The van der Waals surface area contributed by atoms with Gasteiger partial charge < -0.3 is 14.8 Å². The number of benzene rings is 1. The minimum atomic E-state index is -0.268. The lowest BCUT2D eigenvalue weighted by Crippen LogP contribution is -2.42. The van der Waals surface area contributed by atoms with Crippen LogP contribution in [-0.2, 0) is 11.8 Å². The van der Waals surface area contributed by atoms with E-state index in [2.05, 4.69) is 5.32 Å². The molecular formula is C20H25N3O3. The molecule has 0 saturated heterocycles. The Labute approximate surface area is 153 Å². The number of nitrogens with one attached hydrogen (secondary N) is 1. The first-order chi connectivity index (χ1) is 12.3. The van der Waals surface area contributed by atoms with Gasteiger partial charge in [0.15, 0.2) is 0 Å². The van der Waals surface area contributed by atoms with Gasteiger partial charge in [0.25, 0.3) is 11.5 Å². The standard InChI is InChI=1S/C20H25N3O3/c1-14-10-17(12-22(4)19(14)25)20(26)23(13-18(24)21-3)11-15(2)16-8-6-5-7-9-16/h5-10,12,15H,11,13H2,1-4H3,(H,21,24)/t15-/m1/s1. The molecule has 0 aliphatic rings. The van der Waals surface area contributed by atoms with E-state index < -0.39 is 0 Å². The lowest BCUT2D eigenvalue weighted by atomic mass is 10.0. The fraction of sp³-hybridized carbons (Fsp3) is 0.350. The van der Waals surface area contributed by atoms with Crippen LogP contribution in [0.2, 0.25) is 0 Å². The molecule has 0 radical (unpaired) electrons. The SMILES string of the molecule is CNC(=O)CN(C[C@@H](C)c1ccccc1)C(=O)c1cc(C)c(=O)n(C)c1. The van der Waals surface area contributed by atoms with E-state index in [4.69, 9.17) is 0 Å². The molecule has 6 nitrogen and oxygen atoms in total. The Hall–Kier alpha value is -2.89. The van der Waals surface area contributed by atoms with Gasteiger partial charge in [-0.25, -0.2) is 0 Å². The molecule has 6 heteroatoms. The number of amides is 2. The minimum Gasteiger partial charge on any atom is -0.358 e. The number of carbonyl (C=O) groups excluding carboxylic acids is 2. The van der Waals surface area contributed by atoms with E-state index in [1.165, 1.54) is 15.7 Å². The van der Waals surface area contributed by atoms with Crippen molar-refractivity contribution >= 4 is 11.8 Å². The van der Waals surface area contributed by atoms with Crippen molar-refractivity contribution < 1.29 is 9.59 Å². The van der Waals surface area contributed by atoms with Crippen LogP contribution in [0.5, 0.6) is 0 Å². The molecule has 138 valence electrons. The minimum absolute atomic E-state index is 0.0333. The maximum absolute atomic E-state index is 13.0. The first-order valence-corrected chi connectivity index (χ1v) is 8.55. The fourth-order valence-corrected chi connectivity index (χ4v) is 2.87. The molecule has 1 heterocycles. The molecule has 0 saturated carbocycles. The highest BCUT2D eigenvalue weighted by atomic mass is 16.2. The zero-order valence-electron chi connectivity index (χ0n) is 15.7. The van der Waals surface area contributed by atoms with Gasteiger partial charge in [-0.3, -0.25) is 14.4 Å². The maximum Gasteiger partial charge on any atom is 0.255 e. The van der Waals surface area contributed by atoms with Gasteiger partial charge in [-0.15, -0.1) is 0 Å². The van der Waals surface area contributed by atoms with Crippen molar-refractivity contribution in [1.29, 1.82) is 0 Å². The first-order valence-electron chi connectivity index (χ1n) is 8.55. The summed E-state index contributed by atoms with van der Waals surface area (Å²) in [5.41, 5.74) is 1.85. The third kappa shape index (κ3) is 4.59. The van der Waals surface area contributed by atoms with Gasteiger partial charge >= 0.3 is 0 Å². The van der Waals surface area contributed by atoms with E-state index in [9.17, 15) is 14.4 Å². The summed E-state index contributed by atoms with van der Waals surface area (Å²) in [6.45, 7) is 4.06. The van der Waals surface area contributed by atoms with Gasteiger partial charge in [-0.1, -0.05) is 37.3 Å². The Bertz CT molecular complexity index is 817. The van der Waals surface area contributed by atoms with Crippen LogP contribution in [0.1, 0.15) is 34.3 Å². The number of aryl methyl sites for hydroxylation is 2. The van der Waals surface area contributed by atoms with Crippen molar-refractivity contribution in [2.75, 3.05) is 20.1 Å². The summed E-state index contributed by atoms with van der Waals surface area (Å²) < 4.78 is 1.39. The number of rotatable bonds is 6. The van der Waals surface area contributed by atoms with Crippen molar-refractivity contribution in [3.05, 3.63) is 69.6 Å². The number of hydrogen-bond donors (Lipinski definition) is 1. The van der Waals surface area contributed by atoms with Crippen molar-refractivity contribution in [2.24, 2.45) is 7.05 Å². The predicted octanol–water partition coefficient (Wildman–Crippen LogP) is 1.69. The third-order valence-corrected chi connectivity index (χ3v) is 4.37. The Morgan fingerprint density at radius 3 is 2.46 bits per heavy atom. The second-order valence-electron chi connectivity index (χ2n) is 6.50. The number of likely N-dealkylation sites (N-methyl/N-ethyl adjacent to an activating group) is 1. The van der Waals surface area contributed by atoms with Gasteiger partial charge in [0.05, 0.1) is 12.1 Å². The average molecular weight is 355 g/mol. The van der Waals surface area contributed by atoms with Crippen LogP contribution in [0.4, 0.5) is 0 Å². The molecule has 1 aromatic carbocycles. The van der Waals surface area contributed by atoms with E-state index in [1.54, 1.807) is 27.1 Å². The quantitative estimate of drug-likeness (QED) is 0.857. The monoisotopic (exact) mass is 355 g/mol. The number of pyridine rings is 1. The molecular weight excluding hydrogens is 330 g/mol. The van der Waals surface area contributed by atoms with Gasteiger partial charge in [-0.05, 0) is 24.5 Å². The van der Waals surface area contributed by atoms with Crippen LogP contribution < -0.4 is 10.9 Å². The fourth-order valence-electron chi connectivity index (χ4n) is 2.87. The molecule has 0 fully saturated rings. The molecule has 0 bridgehead atoms. The molecule has 2 amide bonds. The molecule has 0 unspecified atom stereocenters. The summed E-state index contributed by atoms with van der Waals surface area (Å²) in [5, 5.41) is 2.56. The number of nitrogens with zero attached hydrogens (tertiary/aromatic N) is 2. The number of hydrogen-bond acceptors (Lipinski definition) is 3. The van der Waals surface area contributed by atoms with Crippen molar-refractivity contribution in [2.45, 2.75) is 19.8 Å². The smallest absolute Gasteiger partial charge is 0.255 e. The molecule has 1 atom stereocenters. The molecule has 26 heavy (non-hydrogen) atoms. The molecule has 1 aromatic heterocycles. The Morgan fingerprint density at radius 1 is 1.23 bits per heavy atom. The lowest BCUT2D eigenvalue weighted by molar-refractivity contribution is -0.121. The highest BCUT2D eigenvalue weighted by Crippen LogP contribution is 2.17. The van der Waals surface area contributed by atoms with E-state index in [0.717, 1.165) is 5.56 Å². The second kappa shape index (κ2) is 8.47. The third-order valence-electron chi connectivity index (χ3n) is 4.37. The topological polar surface area (TPSA) is 71.4 Å². The summed E-state index contributed by atoms with van der Waals surface area (Å²) >= 11 is 0. The maximum atomic E-state index is 13.0. The van der Waals surface area contributed by atoms with Gasteiger partial charge in [0.1, 0.15) is 0 Å². The summed E-state index contributed by atoms with van der Waals surface area (Å²) in [7, 11) is 3.16. The van der Waals surface area contributed by atoms with Gasteiger partial charge in [0, 0.05) is 32.4 Å². The largest absolute Gasteiger partial charge is 0.358 e.